The summed E-state index contributed by atoms with van der Waals surface area (Å²) in [5, 5.41) is 0.733. The normalized spacial score (nSPS) is 15.3. The molecule has 2 aromatic carbocycles. The van der Waals surface area contributed by atoms with E-state index < -0.39 is 27.5 Å². The molecule has 1 aromatic heterocycles. The Morgan fingerprint density at radius 2 is 1.77 bits per heavy atom. The number of sulfonamides is 1. The van der Waals surface area contributed by atoms with Gasteiger partial charge in [0.25, 0.3) is 0 Å². The van der Waals surface area contributed by atoms with Gasteiger partial charge in [-0.05, 0) is 69.0 Å². The Balaban J connectivity index is 1.38. The van der Waals surface area contributed by atoms with Gasteiger partial charge in [0.2, 0.25) is 10.0 Å². The van der Waals surface area contributed by atoms with Crippen LogP contribution in [0.5, 0.6) is 5.75 Å². The van der Waals surface area contributed by atoms with E-state index in [0.717, 1.165) is 16.5 Å². The molecule has 0 aliphatic carbocycles. The SMILES string of the molecule is CCOc1ccc(S(=O)(=O)N2CCC(C(=O)OCc3cc(=O)oc4c(C)c(C)ccc34)CC2)cc1. The van der Waals surface area contributed by atoms with Crippen molar-refractivity contribution in [3.8, 4) is 5.75 Å². The van der Waals surface area contributed by atoms with Crippen LogP contribution in [-0.4, -0.2) is 38.4 Å². The summed E-state index contributed by atoms with van der Waals surface area (Å²) in [6.45, 7) is 6.59. The van der Waals surface area contributed by atoms with E-state index in [4.69, 9.17) is 13.9 Å². The summed E-state index contributed by atoms with van der Waals surface area (Å²) >= 11 is 0. The Hall–Kier alpha value is -3.17. The molecule has 0 unspecified atom stereocenters. The van der Waals surface area contributed by atoms with Gasteiger partial charge in [-0.15, -0.1) is 0 Å². The van der Waals surface area contributed by atoms with Crippen LogP contribution in [0.2, 0.25) is 0 Å². The predicted molar refractivity (Wildman–Crippen MR) is 131 cm³/mol. The zero-order valence-corrected chi connectivity index (χ0v) is 20.9. The highest BCUT2D eigenvalue weighted by atomic mass is 32.2. The maximum atomic E-state index is 13.0. The summed E-state index contributed by atoms with van der Waals surface area (Å²) in [5.74, 6) is -0.187. The minimum atomic E-state index is -3.65. The first-order valence-electron chi connectivity index (χ1n) is 11.6. The van der Waals surface area contributed by atoms with E-state index in [1.54, 1.807) is 12.1 Å². The highest BCUT2D eigenvalue weighted by Gasteiger charge is 2.33. The van der Waals surface area contributed by atoms with Crippen LogP contribution in [0.15, 0.2) is 56.6 Å². The van der Waals surface area contributed by atoms with Crippen LogP contribution in [0.3, 0.4) is 0 Å². The third-order valence-corrected chi connectivity index (χ3v) is 8.36. The zero-order chi connectivity index (χ0) is 25.2. The van der Waals surface area contributed by atoms with Crippen molar-refractivity contribution in [3.05, 3.63) is 69.6 Å². The number of rotatable bonds is 7. The standard InChI is InChI=1S/C26H29NO7S/c1-4-32-21-6-8-22(9-7-21)35(30,31)27-13-11-19(12-14-27)26(29)33-16-20-15-24(28)34-25-18(3)17(2)5-10-23(20)25/h5-10,15,19H,4,11-14,16H2,1-3H3. The summed E-state index contributed by atoms with van der Waals surface area (Å²) in [6.07, 6.45) is 0.732. The highest BCUT2D eigenvalue weighted by Crippen LogP contribution is 2.27. The highest BCUT2D eigenvalue weighted by molar-refractivity contribution is 7.89. The van der Waals surface area contributed by atoms with Crippen molar-refractivity contribution in [1.29, 1.82) is 0 Å². The summed E-state index contributed by atoms with van der Waals surface area (Å²) in [6, 6.07) is 11.5. The fourth-order valence-corrected chi connectivity index (χ4v) is 5.74. The van der Waals surface area contributed by atoms with Gasteiger partial charge < -0.3 is 13.9 Å². The molecule has 3 aromatic rings. The fraction of sp³-hybridized carbons (Fsp3) is 0.385. The Morgan fingerprint density at radius 1 is 1.09 bits per heavy atom. The molecular weight excluding hydrogens is 470 g/mol. The Bertz CT molecular complexity index is 1390. The molecule has 1 saturated heterocycles. The second kappa shape index (κ2) is 10.2. The molecule has 2 heterocycles. The van der Waals surface area contributed by atoms with Crippen LogP contribution in [0.25, 0.3) is 11.0 Å². The molecule has 0 saturated carbocycles. The molecule has 186 valence electrons. The van der Waals surface area contributed by atoms with Crippen molar-refractivity contribution in [2.75, 3.05) is 19.7 Å². The molecule has 1 aliphatic heterocycles. The van der Waals surface area contributed by atoms with Crippen LogP contribution >= 0.6 is 0 Å². The third kappa shape index (κ3) is 5.26. The monoisotopic (exact) mass is 499 g/mol. The summed E-state index contributed by atoms with van der Waals surface area (Å²) in [5.41, 5.74) is 2.46. The lowest BCUT2D eigenvalue weighted by Gasteiger charge is -2.30. The number of ether oxygens (including phenoxy) is 2. The topological polar surface area (TPSA) is 103 Å². The van der Waals surface area contributed by atoms with Crippen LogP contribution < -0.4 is 10.4 Å². The Labute approximate surface area is 204 Å². The molecule has 35 heavy (non-hydrogen) atoms. The van der Waals surface area contributed by atoms with Crippen molar-refractivity contribution in [2.24, 2.45) is 5.92 Å². The van der Waals surface area contributed by atoms with Gasteiger partial charge in [-0.2, -0.15) is 4.31 Å². The number of hydrogen-bond donors (Lipinski definition) is 0. The van der Waals surface area contributed by atoms with Gasteiger partial charge in [0.1, 0.15) is 17.9 Å². The zero-order valence-electron chi connectivity index (χ0n) is 20.1. The molecule has 1 fully saturated rings. The van der Waals surface area contributed by atoms with Crippen molar-refractivity contribution >= 4 is 27.0 Å². The molecule has 0 atom stereocenters. The summed E-state index contributed by atoms with van der Waals surface area (Å²) in [4.78, 5) is 25.0. The molecule has 4 rings (SSSR count). The second-order valence-electron chi connectivity index (χ2n) is 8.67. The van der Waals surface area contributed by atoms with Gasteiger partial charge in [0.15, 0.2) is 0 Å². The molecule has 8 nitrogen and oxygen atoms in total. The molecule has 0 bridgehead atoms. The quantitative estimate of drug-likeness (QED) is 0.358. The largest absolute Gasteiger partial charge is 0.494 e. The molecule has 9 heteroatoms. The summed E-state index contributed by atoms with van der Waals surface area (Å²) < 4.78 is 43.6. The van der Waals surface area contributed by atoms with Crippen LogP contribution in [-0.2, 0) is 26.2 Å². The Morgan fingerprint density at radius 3 is 2.43 bits per heavy atom. The number of esters is 1. The van der Waals surface area contributed by atoms with E-state index in [0.29, 0.717) is 36.3 Å². The number of nitrogens with zero attached hydrogens (tertiary/aromatic N) is 1. The van der Waals surface area contributed by atoms with Crippen LogP contribution in [0.4, 0.5) is 0 Å². The van der Waals surface area contributed by atoms with E-state index in [9.17, 15) is 18.0 Å². The number of piperidine rings is 1. The van der Waals surface area contributed by atoms with Gasteiger partial charge in [-0.3, -0.25) is 4.79 Å². The minimum Gasteiger partial charge on any atom is -0.494 e. The number of hydrogen-bond acceptors (Lipinski definition) is 7. The number of fused-ring (bicyclic) bond motifs is 1. The number of carbonyl (C=O) groups excluding carboxylic acids is 1. The molecular formula is C26H29NO7S. The van der Waals surface area contributed by atoms with Crippen LogP contribution in [0.1, 0.15) is 36.5 Å². The van der Waals surface area contributed by atoms with E-state index in [1.165, 1.54) is 22.5 Å². The molecule has 0 radical (unpaired) electrons. The predicted octanol–water partition coefficient (Wildman–Crippen LogP) is 3.95. The molecule has 0 amide bonds. The number of benzene rings is 2. The number of carbonyl (C=O) groups is 1. The van der Waals surface area contributed by atoms with Gasteiger partial charge >= 0.3 is 11.6 Å². The second-order valence-corrected chi connectivity index (χ2v) is 10.6. The first-order chi connectivity index (χ1) is 16.7. The van der Waals surface area contributed by atoms with E-state index in [2.05, 4.69) is 0 Å². The van der Waals surface area contributed by atoms with Crippen molar-refractivity contribution in [3.63, 3.8) is 0 Å². The van der Waals surface area contributed by atoms with Crippen molar-refractivity contribution in [1.82, 2.24) is 4.31 Å². The van der Waals surface area contributed by atoms with E-state index >= 15 is 0 Å². The lowest BCUT2D eigenvalue weighted by molar-refractivity contribution is -0.151. The maximum absolute atomic E-state index is 13.0. The number of aryl methyl sites for hydroxylation is 2. The van der Waals surface area contributed by atoms with Crippen molar-refractivity contribution in [2.45, 2.75) is 45.1 Å². The average molecular weight is 500 g/mol. The van der Waals surface area contributed by atoms with Crippen molar-refractivity contribution < 1.29 is 27.1 Å². The molecule has 0 spiro atoms. The van der Waals surface area contributed by atoms with E-state index in [1.807, 2.05) is 32.9 Å². The van der Waals surface area contributed by atoms with E-state index in [-0.39, 0.29) is 24.6 Å². The van der Waals surface area contributed by atoms with Gasteiger partial charge in [-0.1, -0.05) is 12.1 Å². The van der Waals surface area contributed by atoms with Gasteiger partial charge in [0.05, 0.1) is 17.4 Å². The van der Waals surface area contributed by atoms with Gasteiger partial charge in [0, 0.05) is 30.1 Å². The average Bonchev–Trinajstić information content (AvgIpc) is 2.85. The Kier molecular flexibility index (Phi) is 7.28. The first-order valence-corrected chi connectivity index (χ1v) is 13.1. The van der Waals surface area contributed by atoms with Crippen LogP contribution in [0, 0.1) is 19.8 Å². The maximum Gasteiger partial charge on any atom is 0.336 e. The lowest BCUT2D eigenvalue weighted by Crippen LogP contribution is -2.40. The van der Waals surface area contributed by atoms with Gasteiger partial charge in [-0.25, -0.2) is 13.2 Å². The lowest BCUT2D eigenvalue weighted by atomic mass is 9.98. The smallest absolute Gasteiger partial charge is 0.336 e. The molecule has 1 aliphatic rings. The third-order valence-electron chi connectivity index (χ3n) is 6.45. The fourth-order valence-electron chi connectivity index (χ4n) is 4.27. The first kappa shape index (κ1) is 24.9. The summed E-state index contributed by atoms with van der Waals surface area (Å²) in [7, 11) is -3.65. The molecule has 0 N–H and O–H groups in total. The minimum absolute atomic E-state index is 0.0475.